The second-order valence-electron chi connectivity index (χ2n) is 2.96. The van der Waals surface area contributed by atoms with Crippen LogP contribution < -0.4 is 15.4 Å². The van der Waals surface area contributed by atoms with E-state index in [9.17, 15) is 9.59 Å². The molecule has 1 atom stereocenters. The van der Waals surface area contributed by atoms with Gasteiger partial charge in [0.15, 0.2) is 0 Å². The van der Waals surface area contributed by atoms with Gasteiger partial charge in [0.1, 0.15) is 6.04 Å². The molecular weight excluding hydrogens is 234 g/mol. The summed E-state index contributed by atoms with van der Waals surface area (Å²) in [6.45, 7) is 0. The molecule has 1 aromatic rings. The first kappa shape index (κ1) is 10.7. The maximum absolute atomic E-state index is 11.6. The number of carbonyl (C=O) groups excluding carboxylic acids is 2. The molecule has 0 aromatic carbocycles. The molecule has 0 spiro atoms. The predicted molar refractivity (Wildman–Crippen MR) is 56.3 cm³/mol. The highest BCUT2D eigenvalue weighted by Gasteiger charge is 2.28. The zero-order valence-corrected chi connectivity index (χ0v) is 9.13. The number of H-pyrrole nitrogens is 1. The van der Waals surface area contributed by atoms with Crippen LogP contribution in [0.15, 0.2) is 0 Å². The Morgan fingerprint density at radius 2 is 2.50 bits per heavy atom. The number of nitrogens with one attached hydrogen (secondary N) is 3. The number of hydrogen-bond donors (Lipinski definition) is 3. The Morgan fingerprint density at radius 3 is 3.06 bits per heavy atom. The predicted octanol–water partition coefficient (Wildman–Crippen LogP) is -0.423. The molecule has 8 nitrogen and oxygen atoms in total. The molecule has 2 heterocycles. The molecule has 1 aliphatic rings. The highest BCUT2D eigenvalue weighted by molar-refractivity contribution is 8.14. The summed E-state index contributed by atoms with van der Waals surface area (Å²) in [5.41, 5.74) is 0. The van der Waals surface area contributed by atoms with Gasteiger partial charge < -0.3 is 10.1 Å². The van der Waals surface area contributed by atoms with E-state index in [2.05, 4.69) is 25.8 Å². The molecule has 2 amide bonds. The van der Waals surface area contributed by atoms with Gasteiger partial charge in [-0.15, -0.1) is 5.10 Å². The Hall–Kier alpha value is -1.77. The number of nitrogens with zero attached hydrogens (tertiary/aromatic N) is 2. The van der Waals surface area contributed by atoms with E-state index in [0.717, 1.165) is 11.8 Å². The van der Waals surface area contributed by atoms with Gasteiger partial charge in [0, 0.05) is 5.75 Å². The molecule has 1 unspecified atom stereocenters. The minimum absolute atomic E-state index is 0.139. The Labute approximate surface area is 94.5 Å². The molecule has 0 bridgehead atoms. The lowest BCUT2D eigenvalue weighted by atomic mass is 10.3. The highest BCUT2D eigenvalue weighted by atomic mass is 32.2. The van der Waals surface area contributed by atoms with Crippen LogP contribution in [0.25, 0.3) is 0 Å². The second-order valence-corrected chi connectivity index (χ2v) is 3.95. The van der Waals surface area contributed by atoms with E-state index in [4.69, 9.17) is 4.74 Å². The lowest BCUT2D eigenvalue weighted by molar-refractivity contribution is -0.117. The number of hydrogen-bond acceptors (Lipinski definition) is 6. The van der Waals surface area contributed by atoms with E-state index in [0.29, 0.717) is 5.75 Å². The van der Waals surface area contributed by atoms with Gasteiger partial charge in [-0.25, -0.2) is 5.10 Å². The monoisotopic (exact) mass is 243 g/mol. The van der Waals surface area contributed by atoms with Gasteiger partial charge in [0.05, 0.1) is 7.11 Å². The SMILES string of the molecule is COc1n[nH]c(NC(=O)C2CSC(=O)N2)n1. The average molecular weight is 243 g/mol. The first-order valence-electron chi connectivity index (χ1n) is 4.39. The van der Waals surface area contributed by atoms with E-state index >= 15 is 0 Å². The third-order valence-corrected chi connectivity index (χ3v) is 2.76. The van der Waals surface area contributed by atoms with Crippen LogP contribution in [0.1, 0.15) is 0 Å². The molecule has 2 rings (SSSR count). The lowest BCUT2D eigenvalue weighted by Gasteiger charge is -2.06. The van der Waals surface area contributed by atoms with Crippen molar-refractivity contribution in [1.29, 1.82) is 0 Å². The summed E-state index contributed by atoms with van der Waals surface area (Å²) in [7, 11) is 1.42. The third-order valence-electron chi connectivity index (χ3n) is 1.88. The Morgan fingerprint density at radius 1 is 1.69 bits per heavy atom. The molecular formula is C7H9N5O3S. The van der Waals surface area contributed by atoms with Gasteiger partial charge in [-0.1, -0.05) is 11.8 Å². The summed E-state index contributed by atoms with van der Waals surface area (Å²) in [6.07, 6.45) is 0. The van der Waals surface area contributed by atoms with Gasteiger partial charge in [-0.3, -0.25) is 14.9 Å². The van der Waals surface area contributed by atoms with Gasteiger partial charge in [-0.05, 0) is 0 Å². The second kappa shape index (κ2) is 4.39. The fourth-order valence-electron chi connectivity index (χ4n) is 1.12. The van der Waals surface area contributed by atoms with Crippen molar-refractivity contribution in [3.8, 4) is 6.01 Å². The Bertz CT molecular complexity index is 420. The van der Waals surface area contributed by atoms with Crippen molar-refractivity contribution in [2.45, 2.75) is 6.04 Å². The molecule has 1 aromatic heterocycles. The van der Waals surface area contributed by atoms with Crippen molar-refractivity contribution in [3.05, 3.63) is 0 Å². The number of ether oxygens (including phenoxy) is 1. The molecule has 3 N–H and O–H groups in total. The summed E-state index contributed by atoms with van der Waals surface area (Å²) in [5, 5.41) is 10.9. The van der Waals surface area contributed by atoms with E-state index in [-0.39, 0.29) is 23.1 Å². The van der Waals surface area contributed by atoms with E-state index in [1.165, 1.54) is 7.11 Å². The summed E-state index contributed by atoms with van der Waals surface area (Å²) in [4.78, 5) is 26.3. The van der Waals surface area contributed by atoms with Crippen LogP contribution in [-0.4, -0.2) is 45.2 Å². The number of anilines is 1. The van der Waals surface area contributed by atoms with Gasteiger partial charge in [0.2, 0.25) is 11.9 Å². The van der Waals surface area contributed by atoms with E-state index in [1.807, 2.05) is 0 Å². The molecule has 0 radical (unpaired) electrons. The molecule has 86 valence electrons. The largest absolute Gasteiger partial charge is 0.466 e. The Kier molecular flexibility index (Phi) is 2.95. The van der Waals surface area contributed by atoms with E-state index < -0.39 is 6.04 Å². The number of aromatic amines is 1. The van der Waals surface area contributed by atoms with Crippen molar-refractivity contribution in [2.24, 2.45) is 0 Å². The van der Waals surface area contributed by atoms with Crippen molar-refractivity contribution >= 4 is 28.9 Å². The summed E-state index contributed by atoms with van der Waals surface area (Å²) in [6, 6.07) is -0.395. The van der Waals surface area contributed by atoms with Crippen LogP contribution in [0.5, 0.6) is 6.01 Å². The molecule has 1 fully saturated rings. The average Bonchev–Trinajstić information content (AvgIpc) is 2.87. The molecule has 0 saturated carbocycles. The number of amides is 2. The maximum Gasteiger partial charge on any atom is 0.336 e. The normalized spacial score (nSPS) is 19.3. The zero-order chi connectivity index (χ0) is 11.5. The van der Waals surface area contributed by atoms with Crippen LogP contribution >= 0.6 is 11.8 Å². The van der Waals surface area contributed by atoms with Gasteiger partial charge in [-0.2, -0.15) is 4.98 Å². The number of rotatable bonds is 3. The van der Waals surface area contributed by atoms with Crippen molar-refractivity contribution in [1.82, 2.24) is 20.5 Å². The summed E-state index contributed by atoms with van der Waals surface area (Å²) < 4.78 is 4.74. The highest BCUT2D eigenvalue weighted by Crippen LogP contribution is 2.14. The first-order chi connectivity index (χ1) is 7.69. The van der Waals surface area contributed by atoms with Crippen LogP contribution in [-0.2, 0) is 4.79 Å². The van der Waals surface area contributed by atoms with Crippen LogP contribution in [0.4, 0.5) is 10.7 Å². The Balaban J connectivity index is 1.94. The molecule has 1 aliphatic heterocycles. The quantitative estimate of drug-likeness (QED) is 0.665. The lowest BCUT2D eigenvalue weighted by Crippen LogP contribution is -2.38. The molecule has 1 saturated heterocycles. The zero-order valence-electron chi connectivity index (χ0n) is 8.31. The van der Waals surface area contributed by atoms with E-state index in [1.54, 1.807) is 0 Å². The molecule has 9 heteroatoms. The summed E-state index contributed by atoms with van der Waals surface area (Å²) >= 11 is 1.07. The van der Waals surface area contributed by atoms with Crippen molar-refractivity contribution in [3.63, 3.8) is 0 Å². The number of carbonyl (C=O) groups is 2. The fourth-order valence-corrected chi connectivity index (χ4v) is 1.90. The smallest absolute Gasteiger partial charge is 0.336 e. The number of thioether (sulfide) groups is 1. The molecule has 0 aliphatic carbocycles. The van der Waals surface area contributed by atoms with Crippen LogP contribution in [0, 0.1) is 0 Å². The number of methoxy groups -OCH3 is 1. The third kappa shape index (κ3) is 2.24. The van der Waals surface area contributed by atoms with Crippen molar-refractivity contribution in [2.75, 3.05) is 18.2 Å². The minimum Gasteiger partial charge on any atom is -0.466 e. The van der Waals surface area contributed by atoms with Crippen LogP contribution in [0.2, 0.25) is 0 Å². The van der Waals surface area contributed by atoms with Gasteiger partial charge in [0.25, 0.3) is 5.24 Å². The standard InChI is InChI=1S/C7H9N5O3S/c1-15-6-10-5(11-12-6)9-4(13)3-2-16-7(14)8-3/h3H,2H2,1H3,(H,8,14)(H2,9,10,11,12,13). The minimum atomic E-state index is -0.534. The number of aromatic nitrogens is 3. The van der Waals surface area contributed by atoms with Crippen molar-refractivity contribution < 1.29 is 14.3 Å². The summed E-state index contributed by atoms with van der Waals surface area (Å²) in [5.74, 6) is 0.265. The maximum atomic E-state index is 11.6. The fraction of sp³-hybridized carbons (Fsp3) is 0.429. The first-order valence-corrected chi connectivity index (χ1v) is 5.38. The molecule has 16 heavy (non-hydrogen) atoms. The van der Waals surface area contributed by atoms with Crippen LogP contribution in [0.3, 0.4) is 0 Å². The van der Waals surface area contributed by atoms with Gasteiger partial charge >= 0.3 is 6.01 Å². The topological polar surface area (TPSA) is 109 Å².